The summed E-state index contributed by atoms with van der Waals surface area (Å²) >= 11 is 0. The zero-order valence-electron chi connectivity index (χ0n) is 16.4. The Hall–Kier alpha value is -2.69. The molecule has 5 heteroatoms. The van der Waals surface area contributed by atoms with Gasteiger partial charge in [-0.3, -0.25) is 9.59 Å². The van der Waals surface area contributed by atoms with E-state index in [0.717, 1.165) is 44.1 Å². The van der Waals surface area contributed by atoms with Crippen LogP contribution in [0.5, 0.6) is 0 Å². The smallest absolute Gasteiger partial charge is 0.254 e. The van der Waals surface area contributed by atoms with Crippen molar-refractivity contribution < 1.29 is 9.59 Å². The van der Waals surface area contributed by atoms with Crippen molar-refractivity contribution in [1.82, 2.24) is 9.88 Å². The average molecular weight is 377 g/mol. The molecule has 1 aliphatic heterocycles. The number of nitrogens with zero attached hydrogens (tertiary/aromatic N) is 2. The highest BCUT2D eigenvalue weighted by Crippen LogP contribution is 2.50. The Bertz CT molecular complexity index is 859. The Labute approximate surface area is 166 Å². The molecule has 5 nitrogen and oxygen atoms in total. The number of fused-ring (bicyclic) bond motifs is 1. The normalized spacial score (nSPS) is 20.2. The van der Waals surface area contributed by atoms with Crippen LogP contribution in [0.15, 0.2) is 48.7 Å². The van der Waals surface area contributed by atoms with Gasteiger partial charge in [0.25, 0.3) is 5.91 Å². The van der Waals surface area contributed by atoms with E-state index in [0.29, 0.717) is 17.9 Å². The van der Waals surface area contributed by atoms with Crippen molar-refractivity contribution in [2.45, 2.75) is 56.9 Å². The number of aromatic nitrogens is 1. The molecule has 2 amide bonds. The van der Waals surface area contributed by atoms with Crippen LogP contribution in [0, 0.1) is 0 Å². The van der Waals surface area contributed by atoms with Crippen LogP contribution in [0.1, 0.15) is 67.3 Å². The molecule has 0 bridgehead atoms. The standard InChI is InChI=1S/C23H27N3O2/c1-2-3-16-26-22(28)18-11-5-4-10-17(18)20(23(26)13-7-8-14-23)21(27)25-19-12-6-9-15-24-19/h4-6,9-12,15,20H,2-3,7-8,13-14,16H2,1H3,(H,24,25,27)/t20-/m1/s1. The van der Waals surface area contributed by atoms with Gasteiger partial charge in [0, 0.05) is 18.3 Å². The number of anilines is 1. The van der Waals surface area contributed by atoms with Gasteiger partial charge in [0.2, 0.25) is 5.91 Å². The molecule has 1 fully saturated rings. The van der Waals surface area contributed by atoms with E-state index in [-0.39, 0.29) is 17.7 Å². The molecule has 146 valence electrons. The number of carbonyl (C=O) groups is 2. The van der Waals surface area contributed by atoms with Crippen molar-refractivity contribution >= 4 is 17.6 Å². The molecule has 0 radical (unpaired) electrons. The number of rotatable bonds is 5. The molecule has 2 heterocycles. The molecule has 1 aromatic carbocycles. The quantitative estimate of drug-likeness (QED) is 0.841. The Kier molecular flexibility index (Phi) is 5.16. The highest BCUT2D eigenvalue weighted by molar-refractivity contribution is 6.04. The molecule has 1 N–H and O–H groups in total. The van der Waals surface area contributed by atoms with Gasteiger partial charge in [0.15, 0.2) is 0 Å². The van der Waals surface area contributed by atoms with Gasteiger partial charge in [0.1, 0.15) is 5.82 Å². The molecule has 2 aliphatic rings. The van der Waals surface area contributed by atoms with Gasteiger partial charge in [-0.1, -0.05) is 50.5 Å². The molecule has 1 spiro atoms. The summed E-state index contributed by atoms with van der Waals surface area (Å²) in [7, 11) is 0. The van der Waals surface area contributed by atoms with Gasteiger partial charge < -0.3 is 10.2 Å². The molecular weight excluding hydrogens is 350 g/mol. The molecule has 1 saturated carbocycles. The molecule has 0 saturated heterocycles. The molecule has 1 aliphatic carbocycles. The lowest BCUT2D eigenvalue weighted by atomic mass is 9.71. The third-order valence-electron chi connectivity index (χ3n) is 6.21. The van der Waals surface area contributed by atoms with Crippen LogP contribution < -0.4 is 5.32 Å². The fourth-order valence-corrected chi connectivity index (χ4v) is 4.94. The molecular formula is C23H27N3O2. The second-order valence-corrected chi connectivity index (χ2v) is 7.85. The first-order valence-corrected chi connectivity index (χ1v) is 10.3. The second-order valence-electron chi connectivity index (χ2n) is 7.85. The topological polar surface area (TPSA) is 62.3 Å². The molecule has 1 aromatic heterocycles. The lowest BCUT2D eigenvalue weighted by Gasteiger charge is -2.50. The maximum atomic E-state index is 13.5. The number of carbonyl (C=O) groups excluding carboxylic acids is 2. The summed E-state index contributed by atoms with van der Waals surface area (Å²) in [6, 6.07) is 13.1. The molecule has 1 atom stereocenters. The number of benzene rings is 1. The number of amides is 2. The molecule has 0 unspecified atom stereocenters. The van der Waals surface area contributed by atoms with E-state index in [1.807, 2.05) is 41.3 Å². The number of unbranched alkanes of at least 4 members (excludes halogenated alkanes) is 1. The zero-order valence-corrected chi connectivity index (χ0v) is 16.4. The molecule has 2 aromatic rings. The first kappa shape index (κ1) is 18.7. The predicted molar refractivity (Wildman–Crippen MR) is 109 cm³/mol. The second kappa shape index (κ2) is 7.74. The van der Waals surface area contributed by atoms with E-state index < -0.39 is 5.54 Å². The van der Waals surface area contributed by atoms with Crippen molar-refractivity contribution in [2.75, 3.05) is 11.9 Å². The minimum absolute atomic E-state index is 0.0675. The SMILES string of the molecule is CCCCN1C(=O)c2ccccc2[C@H](C(=O)Nc2ccccn2)C12CCCC2. The summed E-state index contributed by atoms with van der Waals surface area (Å²) in [4.78, 5) is 33.2. The van der Waals surface area contributed by atoms with Crippen molar-refractivity contribution in [3.8, 4) is 0 Å². The van der Waals surface area contributed by atoms with E-state index in [2.05, 4.69) is 17.2 Å². The fraction of sp³-hybridized carbons (Fsp3) is 0.435. The summed E-state index contributed by atoms with van der Waals surface area (Å²) in [6.07, 6.45) is 7.48. The van der Waals surface area contributed by atoms with Gasteiger partial charge >= 0.3 is 0 Å². The monoisotopic (exact) mass is 377 g/mol. The van der Waals surface area contributed by atoms with Gasteiger partial charge in [-0.15, -0.1) is 0 Å². The number of pyridine rings is 1. The number of nitrogens with one attached hydrogen (secondary N) is 1. The van der Waals surface area contributed by atoms with Crippen LogP contribution in [0.4, 0.5) is 5.82 Å². The highest BCUT2D eigenvalue weighted by Gasteiger charge is 2.55. The van der Waals surface area contributed by atoms with Gasteiger partial charge in [0.05, 0.1) is 11.5 Å². The van der Waals surface area contributed by atoms with Gasteiger partial charge in [-0.05, 0) is 43.0 Å². The Morgan fingerprint density at radius 3 is 2.64 bits per heavy atom. The first-order valence-electron chi connectivity index (χ1n) is 10.3. The zero-order chi connectivity index (χ0) is 19.6. The third kappa shape index (κ3) is 3.09. The predicted octanol–water partition coefficient (Wildman–Crippen LogP) is 4.37. The summed E-state index contributed by atoms with van der Waals surface area (Å²) < 4.78 is 0. The van der Waals surface area contributed by atoms with E-state index >= 15 is 0 Å². The maximum absolute atomic E-state index is 13.5. The van der Waals surface area contributed by atoms with E-state index in [1.165, 1.54) is 0 Å². The highest BCUT2D eigenvalue weighted by atomic mass is 16.2. The Balaban J connectivity index is 1.79. The van der Waals surface area contributed by atoms with E-state index in [9.17, 15) is 9.59 Å². The van der Waals surface area contributed by atoms with Crippen LogP contribution >= 0.6 is 0 Å². The van der Waals surface area contributed by atoms with Crippen molar-refractivity contribution in [2.24, 2.45) is 0 Å². The lowest BCUT2D eigenvalue weighted by Crippen LogP contribution is -2.60. The van der Waals surface area contributed by atoms with Crippen molar-refractivity contribution in [1.29, 1.82) is 0 Å². The third-order valence-corrected chi connectivity index (χ3v) is 6.21. The summed E-state index contributed by atoms with van der Waals surface area (Å²) in [5.41, 5.74) is 1.09. The van der Waals surface area contributed by atoms with Crippen LogP contribution in [-0.2, 0) is 4.79 Å². The number of hydrogen-bond acceptors (Lipinski definition) is 3. The van der Waals surface area contributed by atoms with E-state index in [4.69, 9.17) is 0 Å². The molecule has 28 heavy (non-hydrogen) atoms. The summed E-state index contributed by atoms with van der Waals surface area (Å²) in [5.74, 6) is 0.188. The summed E-state index contributed by atoms with van der Waals surface area (Å²) in [5, 5.41) is 3.01. The van der Waals surface area contributed by atoms with Crippen LogP contribution in [0.3, 0.4) is 0 Å². The Morgan fingerprint density at radius 2 is 1.93 bits per heavy atom. The average Bonchev–Trinajstić information content (AvgIpc) is 3.18. The number of hydrogen-bond donors (Lipinski definition) is 1. The Morgan fingerprint density at radius 1 is 1.18 bits per heavy atom. The molecule has 4 rings (SSSR count). The van der Waals surface area contributed by atoms with Crippen LogP contribution in [-0.4, -0.2) is 33.8 Å². The van der Waals surface area contributed by atoms with Crippen LogP contribution in [0.2, 0.25) is 0 Å². The van der Waals surface area contributed by atoms with Crippen molar-refractivity contribution in [3.63, 3.8) is 0 Å². The minimum Gasteiger partial charge on any atom is -0.332 e. The van der Waals surface area contributed by atoms with Crippen LogP contribution in [0.25, 0.3) is 0 Å². The minimum atomic E-state index is -0.431. The van der Waals surface area contributed by atoms with Gasteiger partial charge in [-0.2, -0.15) is 0 Å². The fourth-order valence-electron chi connectivity index (χ4n) is 4.94. The lowest BCUT2D eigenvalue weighted by molar-refractivity contribution is -0.121. The maximum Gasteiger partial charge on any atom is 0.254 e. The summed E-state index contributed by atoms with van der Waals surface area (Å²) in [6.45, 7) is 2.84. The largest absolute Gasteiger partial charge is 0.332 e. The van der Waals surface area contributed by atoms with E-state index in [1.54, 1.807) is 12.3 Å². The van der Waals surface area contributed by atoms with Gasteiger partial charge in [-0.25, -0.2) is 4.98 Å². The van der Waals surface area contributed by atoms with Crippen molar-refractivity contribution in [3.05, 3.63) is 59.8 Å². The first-order chi connectivity index (χ1) is 13.7.